The van der Waals surface area contributed by atoms with E-state index in [0.29, 0.717) is 12.8 Å². The normalized spacial score (nSPS) is 13.1. The molecule has 0 saturated heterocycles. The lowest BCUT2D eigenvalue weighted by Gasteiger charge is -2.27. The first-order valence-electron chi connectivity index (χ1n) is 11.7. The predicted molar refractivity (Wildman–Crippen MR) is 119 cm³/mol. The number of aliphatic hydroxyl groups is 3. The van der Waals surface area contributed by atoms with E-state index in [1.54, 1.807) is 0 Å². The largest absolute Gasteiger partial charge is 0.465 e. The van der Waals surface area contributed by atoms with Crippen molar-refractivity contribution in [3.63, 3.8) is 0 Å². The zero-order valence-electron chi connectivity index (χ0n) is 18.9. The number of allylic oxidation sites excluding steroid dienone is 1. The number of hydrogen-bond acceptors (Lipinski definition) is 5. The maximum Gasteiger partial charge on any atom is 0.305 e. The Bertz CT molecular complexity index is 396. The molecule has 0 bridgehead atoms. The van der Waals surface area contributed by atoms with Gasteiger partial charge in [0.25, 0.3) is 0 Å². The molecule has 0 aliphatic heterocycles. The number of esters is 1. The van der Waals surface area contributed by atoms with Crippen LogP contribution in [0.1, 0.15) is 104 Å². The lowest BCUT2D eigenvalue weighted by molar-refractivity contribution is -0.149. The summed E-state index contributed by atoms with van der Waals surface area (Å²) in [6.45, 7) is 3.78. The van der Waals surface area contributed by atoms with Gasteiger partial charge in [-0.15, -0.1) is 0 Å². The van der Waals surface area contributed by atoms with E-state index in [4.69, 9.17) is 4.74 Å². The number of ether oxygens (including phenoxy) is 1. The lowest BCUT2D eigenvalue weighted by atomic mass is 9.88. The van der Waals surface area contributed by atoms with Gasteiger partial charge in [0.05, 0.1) is 24.7 Å². The van der Waals surface area contributed by atoms with Gasteiger partial charge in [-0.25, -0.2) is 0 Å². The highest BCUT2D eigenvalue weighted by Gasteiger charge is 2.28. The molecule has 0 rings (SSSR count). The lowest BCUT2D eigenvalue weighted by Crippen LogP contribution is -2.35. The van der Waals surface area contributed by atoms with Crippen molar-refractivity contribution in [3.05, 3.63) is 12.2 Å². The topological polar surface area (TPSA) is 87.0 Å². The van der Waals surface area contributed by atoms with Gasteiger partial charge in [-0.1, -0.05) is 70.9 Å². The summed E-state index contributed by atoms with van der Waals surface area (Å²) in [6, 6.07) is 0. The number of unbranched alkanes of at least 4 members (excludes halogenated alkanes) is 8. The van der Waals surface area contributed by atoms with E-state index in [0.717, 1.165) is 57.8 Å². The summed E-state index contributed by atoms with van der Waals surface area (Å²) >= 11 is 0. The van der Waals surface area contributed by atoms with Crippen LogP contribution >= 0.6 is 0 Å². The first-order chi connectivity index (χ1) is 14.0. The van der Waals surface area contributed by atoms with Gasteiger partial charge in [-0.05, 0) is 38.5 Å². The molecule has 0 aliphatic rings. The number of hydrogen-bond donors (Lipinski definition) is 3. The highest BCUT2D eigenvalue weighted by molar-refractivity contribution is 5.69. The third-order valence-electron chi connectivity index (χ3n) is 5.68. The molecule has 0 amide bonds. The van der Waals surface area contributed by atoms with Crippen LogP contribution in [0.4, 0.5) is 0 Å². The average Bonchev–Trinajstić information content (AvgIpc) is 2.74. The van der Waals surface area contributed by atoms with Crippen molar-refractivity contribution in [2.75, 3.05) is 19.8 Å². The predicted octanol–water partition coefficient (Wildman–Crippen LogP) is 4.92. The van der Waals surface area contributed by atoms with Crippen molar-refractivity contribution >= 4 is 5.97 Å². The second-order valence-electron chi connectivity index (χ2n) is 8.35. The van der Waals surface area contributed by atoms with Gasteiger partial charge in [0.1, 0.15) is 6.61 Å². The fourth-order valence-electron chi connectivity index (χ4n) is 3.13. The van der Waals surface area contributed by atoms with Crippen LogP contribution in [0.3, 0.4) is 0 Å². The summed E-state index contributed by atoms with van der Waals surface area (Å²) in [5.41, 5.74) is -0.714. The van der Waals surface area contributed by atoms with Crippen molar-refractivity contribution in [2.24, 2.45) is 5.41 Å². The summed E-state index contributed by atoms with van der Waals surface area (Å²) in [4.78, 5) is 11.8. The second-order valence-corrected chi connectivity index (χ2v) is 8.35. The molecular weight excluding hydrogens is 368 g/mol. The summed E-state index contributed by atoms with van der Waals surface area (Å²) < 4.78 is 5.22. The Labute approximate surface area is 178 Å². The zero-order chi connectivity index (χ0) is 21.8. The van der Waals surface area contributed by atoms with Crippen molar-refractivity contribution in [2.45, 2.75) is 110 Å². The average molecular weight is 415 g/mol. The molecule has 0 radical (unpaired) electrons. The minimum absolute atomic E-state index is 0.0785. The van der Waals surface area contributed by atoms with Crippen molar-refractivity contribution in [1.82, 2.24) is 0 Å². The third kappa shape index (κ3) is 15.6. The number of carbonyl (C=O) groups excluding carboxylic acids is 1. The van der Waals surface area contributed by atoms with Gasteiger partial charge in [0.2, 0.25) is 0 Å². The first-order valence-corrected chi connectivity index (χ1v) is 11.7. The highest BCUT2D eigenvalue weighted by Crippen LogP contribution is 2.21. The summed E-state index contributed by atoms with van der Waals surface area (Å²) in [5.74, 6) is -0.249. The Morgan fingerprint density at radius 1 is 0.931 bits per heavy atom. The van der Waals surface area contributed by atoms with E-state index in [1.807, 2.05) is 6.92 Å². The molecule has 0 heterocycles. The summed E-state index contributed by atoms with van der Waals surface area (Å²) in [6.07, 6.45) is 17.8. The molecule has 0 saturated carbocycles. The molecule has 172 valence electrons. The Hall–Kier alpha value is -0.910. The van der Waals surface area contributed by atoms with Crippen molar-refractivity contribution < 1.29 is 24.9 Å². The molecule has 1 unspecified atom stereocenters. The van der Waals surface area contributed by atoms with Crippen LogP contribution in [0.5, 0.6) is 0 Å². The van der Waals surface area contributed by atoms with Crippen LogP contribution in [-0.2, 0) is 9.53 Å². The Balaban J connectivity index is 3.55. The second kappa shape index (κ2) is 19.1. The summed E-state index contributed by atoms with van der Waals surface area (Å²) in [5, 5.41) is 28.6. The smallest absolute Gasteiger partial charge is 0.305 e. The standard InChI is InChI=1S/C24H46O5/c1-3-5-6-13-16-22(27)17-14-11-9-7-8-10-12-15-18-23(28)29-21-24(4-2,19-25)20-26/h11,14,22,25-27H,3-10,12-13,15-21H2,1-2H3. The first kappa shape index (κ1) is 28.1. The summed E-state index contributed by atoms with van der Waals surface area (Å²) in [7, 11) is 0. The van der Waals surface area contributed by atoms with Gasteiger partial charge >= 0.3 is 5.97 Å². The Morgan fingerprint density at radius 2 is 1.59 bits per heavy atom. The molecular formula is C24H46O5. The van der Waals surface area contributed by atoms with Gasteiger partial charge in [0.15, 0.2) is 0 Å². The van der Waals surface area contributed by atoms with Crippen LogP contribution in [0.25, 0.3) is 0 Å². The Kier molecular flexibility index (Phi) is 18.5. The molecule has 0 spiro atoms. The minimum Gasteiger partial charge on any atom is -0.465 e. The molecule has 0 aromatic heterocycles. The maximum absolute atomic E-state index is 11.8. The SMILES string of the molecule is CCCCCCC(O)CC=CCCCCCCCC(=O)OCC(CC)(CO)CO. The van der Waals surface area contributed by atoms with Gasteiger partial charge < -0.3 is 20.1 Å². The molecule has 0 aromatic rings. The van der Waals surface area contributed by atoms with Crippen LogP contribution in [-0.4, -0.2) is 47.2 Å². The number of aliphatic hydroxyl groups excluding tert-OH is 3. The van der Waals surface area contributed by atoms with Crippen molar-refractivity contribution in [3.8, 4) is 0 Å². The van der Waals surface area contributed by atoms with E-state index >= 15 is 0 Å². The molecule has 0 fully saturated rings. The molecule has 29 heavy (non-hydrogen) atoms. The van der Waals surface area contributed by atoms with Gasteiger partial charge in [0, 0.05) is 6.42 Å². The van der Waals surface area contributed by atoms with Crippen LogP contribution in [0.2, 0.25) is 0 Å². The third-order valence-corrected chi connectivity index (χ3v) is 5.68. The number of rotatable bonds is 20. The van der Waals surface area contributed by atoms with E-state index in [-0.39, 0.29) is 31.9 Å². The van der Waals surface area contributed by atoms with E-state index < -0.39 is 5.41 Å². The molecule has 5 heteroatoms. The van der Waals surface area contributed by atoms with Crippen molar-refractivity contribution in [1.29, 1.82) is 0 Å². The molecule has 0 aliphatic carbocycles. The van der Waals surface area contributed by atoms with Crippen LogP contribution < -0.4 is 0 Å². The maximum atomic E-state index is 11.8. The van der Waals surface area contributed by atoms with Crippen LogP contribution in [0.15, 0.2) is 12.2 Å². The molecule has 0 aromatic carbocycles. The quantitative estimate of drug-likeness (QED) is 0.150. The fourth-order valence-corrected chi connectivity index (χ4v) is 3.13. The van der Waals surface area contributed by atoms with E-state index in [2.05, 4.69) is 19.1 Å². The number of carbonyl (C=O) groups is 1. The Morgan fingerprint density at radius 3 is 2.24 bits per heavy atom. The zero-order valence-corrected chi connectivity index (χ0v) is 18.9. The monoisotopic (exact) mass is 414 g/mol. The fraction of sp³-hybridized carbons (Fsp3) is 0.875. The van der Waals surface area contributed by atoms with E-state index in [9.17, 15) is 20.1 Å². The minimum atomic E-state index is -0.714. The van der Waals surface area contributed by atoms with Gasteiger partial charge in [-0.3, -0.25) is 4.79 Å². The van der Waals surface area contributed by atoms with E-state index in [1.165, 1.54) is 19.3 Å². The molecule has 3 N–H and O–H groups in total. The molecule has 5 nitrogen and oxygen atoms in total. The molecule has 1 atom stereocenters. The highest BCUT2D eigenvalue weighted by atomic mass is 16.5. The van der Waals surface area contributed by atoms with Crippen LogP contribution in [0, 0.1) is 5.41 Å². The van der Waals surface area contributed by atoms with Gasteiger partial charge in [-0.2, -0.15) is 0 Å².